The molecule has 2 heteroatoms. The Morgan fingerprint density at radius 2 is 2.10 bits per heavy atom. The predicted octanol–water partition coefficient (Wildman–Crippen LogP) is 4.08. The van der Waals surface area contributed by atoms with Crippen molar-refractivity contribution < 1.29 is 4.42 Å². The lowest BCUT2D eigenvalue weighted by Crippen LogP contribution is -2.19. The van der Waals surface area contributed by atoms with Crippen LogP contribution in [0.25, 0.3) is 0 Å². The van der Waals surface area contributed by atoms with Gasteiger partial charge >= 0.3 is 0 Å². The van der Waals surface area contributed by atoms with Crippen molar-refractivity contribution in [1.82, 2.24) is 5.32 Å². The third-order valence-electron chi connectivity index (χ3n) is 5.42. The number of fused-ring (bicyclic) bond motifs is 3. The van der Waals surface area contributed by atoms with E-state index in [4.69, 9.17) is 4.42 Å². The summed E-state index contributed by atoms with van der Waals surface area (Å²) < 4.78 is 6.02. The maximum atomic E-state index is 6.02. The Hall–Kier alpha value is -1.54. The quantitative estimate of drug-likeness (QED) is 0.913. The largest absolute Gasteiger partial charge is 0.464 e. The molecule has 2 nitrogen and oxygen atoms in total. The minimum absolute atomic E-state index is 0.353. The van der Waals surface area contributed by atoms with Crippen molar-refractivity contribution in [2.75, 3.05) is 7.05 Å². The van der Waals surface area contributed by atoms with Gasteiger partial charge in [-0.15, -0.1) is 0 Å². The van der Waals surface area contributed by atoms with Gasteiger partial charge in [0.25, 0.3) is 0 Å². The number of benzene rings is 1. The van der Waals surface area contributed by atoms with Crippen LogP contribution in [0.2, 0.25) is 0 Å². The van der Waals surface area contributed by atoms with Crippen molar-refractivity contribution in [3.63, 3.8) is 0 Å². The highest BCUT2D eigenvalue weighted by molar-refractivity contribution is 5.40. The Bertz CT molecular complexity index is 645. The molecule has 1 heterocycles. The van der Waals surface area contributed by atoms with E-state index in [0.29, 0.717) is 12.0 Å². The summed E-state index contributed by atoms with van der Waals surface area (Å²) in [5.74, 6) is 4.45. The summed E-state index contributed by atoms with van der Waals surface area (Å²) in [4.78, 5) is 0. The van der Waals surface area contributed by atoms with Gasteiger partial charge in [-0.3, -0.25) is 0 Å². The summed E-state index contributed by atoms with van der Waals surface area (Å²) in [6.45, 7) is 2.14. The molecule has 110 valence electrons. The first kappa shape index (κ1) is 13.1. The molecule has 1 aromatic carbocycles. The van der Waals surface area contributed by atoms with Crippen LogP contribution in [-0.2, 0) is 12.8 Å². The van der Waals surface area contributed by atoms with Crippen LogP contribution < -0.4 is 5.32 Å². The van der Waals surface area contributed by atoms with Gasteiger partial charge in [-0.2, -0.15) is 0 Å². The van der Waals surface area contributed by atoms with E-state index >= 15 is 0 Å². The number of furan rings is 1. The molecule has 2 aliphatic carbocycles. The zero-order chi connectivity index (χ0) is 14.4. The molecular formula is C19H23NO. The Labute approximate surface area is 126 Å². The molecular weight excluding hydrogens is 258 g/mol. The summed E-state index contributed by atoms with van der Waals surface area (Å²) in [6.07, 6.45) is 3.53. The number of rotatable bonds is 4. The van der Waals surface area contributed by atoms with Crippen molar-refractivity contribution in [2.45, 2.75) is 38.1 Å². The predicted molar refractivity (Wildman–Crippen MR) is 84.4 cm³/mol. The standard InChI is InChI=1S/C19H23NO/c1-3-13-9-11-16(21-13)19(20-2)18-15-10-8-12-6-4-5-7-14(12)17(15)18/h4-7,9,11,15,17-20H,3,8,10H2,1-2H3. The molecule has 1 aromatic heterocycles. The van der Waals surface area contributed by atoms with Crippen molar-refractivity contribution in [1.29, 1.82) is 0 Å². The first-order valence-electron chi connectivity index (χ1n) is 8.17. The molecule has 0 bridgehead atoms. The zero-order valence-corrected chi connectivity index (χ0v) is 12.8. The summed E-state index contributed by atoms with van der Waals surface area (Å²) in [6, 6.07) is 13.6. The van der Waals surface area contributed by atoms with E-state index in [-0.39, 0.29) is 0 Å². The molecule has 1 fully saturated rings. The van der Waals surface area contributed by atoms with Crippen LogP contribution >= 0.6 is 0 Å². The SMILES string of the molecule is CCc1ccc(C(NC)C2C3CCc4ccccc4C32)o1. The summed E-state index contributed by atoms with van der Waals surface area (Å²) in [5, 5.41) is 3.51. The number of aryl methyl sites for hydroxylation is 2. The van der Waals surface area contributed by atoms with Crippen LogP contribution in [0.5, 0.6) is 0 Å². The minimum atomic E-state index is 0.353. The average Bonchev–Trinajstić information content (AvgIpc) is 3.06. The van der Waals surface area contributed by atoms with Crippen LogP contribution in [0.3, 0.4) is 0 Å². The second kappa shape index (κ2) is 5.03. The highest BCUT2D eigenvalue weighted by atomic mass is 16.3. The van der Waals surface area contributed by atoms with Crippen LogP contribution in [0.15, 0.2) is 40.8 Å². The van der Waals surface area contributed by atoms with Gasteiger partial charge in [0.05, 0.1) is 6.04 Å². The Morgan fingerprint density at radius 3 is 2.86 bits per heavy atom. The molecule has 0 spiro atoms. The van der Waals surface area contributed by atoms with Crippen LogP contribution in [-0.4, -0.2) is 7.05 Å². The van der Waals surface area contributed by atoms with Crippen molar-refractivity contribution in [3.8, 4) is 0 Å². The van der Waals surface area contributed by atoms with Gasteiger partial charge in [-0.1, -0.05) is 31.2 Å². The molecule has 1 saturated carbocycles. The summed E-state index contributed by atoms with van der Waals surface area (Å²) in [5.41, 5.74) is 3.14. The highest BCUT2D eigenvalue weighted by Gasteiger charge is 2.56. The lowest BCUT2D eigenvalue weighted by Gasteiger charge is -2.14. The number of nitrogens with one attached hydrogen (secondary N) is 1. The van der Waals surface area contributed by atoms with Gasteiger partial charge in [0.15, 0.2) is 0 Å². The van der Waals surface area contributed by atoms with E-state index in [9.17, 15) is 0 Å². The van der Waals surface area contributed by atoms with Gasteiger partial charge < -0.3 is 9.73 Å². The van der Waals surface area contributed by atoms with Gasteiger partial charge in [0, 0.05) is 6.42 Å². The van der Waals surface area contributed by atoms with Gasteiger partial charge in [-0.25, -0.2) is 0 Å². The molecule has 4 unspecified atom stereocenters. The van der Waals surface area contributed by atoms with Gasteiger partial charge in [-0.05, 0) is 60.9 Å². The highest BCUT2D eigenvalue weighted by Crippen LogP contribution is 2.64. The monoisotopic (exact) mass is 281 g/mol. The fraction of sp³-hybridized carbons (Fsp3) is 0.474. The fourth-order valence-electron chi connectivity index (χ4n) is 4.35. The molecule has 0 saturated heterocycles. The zero-order valence-electron chi connectivity index (χ0n) is 12.8. The second-order valence-corrected chi connectivity index (χ2v) is 6.43. The van der Waals surface area contributed by atoms with E-state index in [1.165, 1.54) is 12.8 Å². The summed E-state index contributed by atoms with van der Waals surface area (Å²) >= 11 is 0. The first-order chi connectivity index (χ1) is 10.3. The Morgan fingerprint density at radius 1 is 1.24 bits per heavy atom. The molecule has 2 aromatic rings. The second-order valence-electron chi connectivity index (χ2n) is 6.43. The molecule has 1 N–H and O–H groups in total. The average molecular weight is 281 g/mol. The smallest absolute Gasteiger partial charge is 0.121 e. The van der Waals surface area contributed by atoms with E-state index in [1.54, 1.807) is 11.1 Å². The number of hydrogen-bond acceptors (Lipinski definition) is 2. The van der Waals surface area contributed by atoms with Crippen molar-refractivity contribution in [2.24, 2.45) is 11.8 Å². The topological polar surface area (TPSA) is 25.2 Å². The minimum Gasteiger partial charge on any atom is -0.464 e. The summed E-state index contributed by atoms with van der Waals surface area (Å²) in [7, 11) is 2.06. The molecule has 0 radical (unpaired) electrons. The lowest BCUT2D eigenvalue weighted by molar-refractivity contribution is 0.371. The van der Waals surface area contributed by atoms with Gasteiger partial charge in [0.1, 0.15) is 11.5 Å². The molecule has 0 amide bonds. The lowest BCUT2D eigenvalue weighted by atomic mass is 9.92. The van der Waals surface area contributed by atoms with E-state index in [1.807, 2.05) is 0 Å². The number of hydrogen-bond donors (Lipinski definition) is 1. The van der Waals surface area contributed by atoms with Crippen molar-refractivity contribution >= 4 is 0 Å². The third kappa shape index (κ3) is 2.04. The maximum Gasteiger partial charge on any atom is 0.121 e. The van der Waals surface area contributed by atoms with Crippen LogP contribution in [0, 0.1) is 11.8 Å². The molecule has 2 aliphatic rings. The van der Waals surface area contributed by atoms with Crippen molar-refractivity contribution in [3.05, 3.63) is 59.0 Å². The maximum absolute atomic E-state index is 6.02. The van der Waals surface area contributed by atoms with Crippen LogP contribution in [0.1, 0.15) is 48.0 Å². The van der Waals surface area contributed by atoms with Crippen LogP contribution in [0.4, 0.5) is 0 Å². The van der Waals surface area contributed by atoms with E-state index in [2.05, 4.69) is 55.7 Å². The van der Waals surface area contributed by atoms with E-state index in [0.717, 1.165) is 29.8 Å². The third-order valence-corrected chi connectivity index (χ3v) is 5.42. The first-order valence-corrected chi connectivity index (χ1v) is 8.17. The normalized spacial score (nSPS) is 27.8. The molecule has 0 aliphatic heterocycles. The Balaban J connectivity index is 1.63. The molecule has 4 atom stereocenters. The molecule has 4 rings (SSSR count). The molecule has 21 heavy (non-hydrogen) atoms. The van der Waals surface area contributed by atoms with E-state index < -0.39 is 0 Å². The Kier molecular flexibility index (Phi) is 3.15. The van der Waals surface area contributed by atoms with Gasteiger partial charge in [0.2, 0.25) is 0 Å². The fourth-order valence-corrected chi connectivity index (χ4v) is 4.35.